The fraction of sp³-hybridized carbons (Fsp3) is 0.478. The number of likely N-dealkylation sites (tertiary alicyclic amines) is 1. The molecular formula is C23H29N3O2. The van der Waals surface area contributed by atoms with Crippen LogP contribution in [0, 0.1) is 0 Å². The number of carbonyl (C=O) groups excluding carboxylic acids is 1. The molecule has 148 valence electrons. The molecule has 2 saturated heterocycles. The normalized spacial score (nSPS) is 25.8. The average molecular weight is 380 g/mol. The van der Waals surface area contributed by atoms with Gasteiger partial charge in [0, 0.05) is 44.1 Å². The van der Waals surface area contributed by atoms with Crippen molar-refractivity contribution in [3.8, 4) is 0 Å². The number of carbonyl (C=O) groups is 1. The highest BCUT2D eigenvalue weighted by atomic mass is 16.5. The number of amides is 1. The number of pyridine rings is 1. The van der Waals surface area contributed by atoms with Gasteiger partial charge in [0.25, 0.3) is 5.91 Å². The molecule has 2 fully saturated rings. The maximum Gasteiger partial charge on any atom is 0.254 e. The van der Waals surface area contributed by atoms with Crippen molar-refractivity contribution < 1.29 is 9.53 Å². The fourth-order valence-corrected chi connectivity index (χ4v) is 4.53. The summed E-state index contributed by atoms with van der Waals surface area (Å²) in [5, 5.41) is 0. The molecule has 4 rings (SSSR count). The van der Waals surface area contributed by atoms with Crippen LogP contribution in [-0.4, -0.2) is 52.5 Å². The van der Waals surface area contributed by atoms with Crippen molar-refractivity contribution in [3.63, 3.8) is 0 Å². The maximum atomic E-state index is 13.1. The number of nitrogens with zero attached hydrogens (tertiary/aromatic N) is 3. The summed E-state index contributed by atoms with van der Waals surface area (Å²) in [4.78, 5) is 21.6. The van der Waals surface area contributed by atoms with Crippen molar-refractivity contribution in [2.75, 3.05) is 19.6 Å². The largest absolute Gasteiger partial charge is 0.373 e. The van der Waals surface area contributed by atoms with Crippen LogP contribution in [0.4, 0.5) is 0 Å². The third kappa shape index (κ3) is 4.26. The average Bonchev–Trinajstić information content (AvgIpc) is 3.18. The Kier molecular flexibility index (Phi) is 5.74. The van der Waals surface area contributed by atoms with Gasteiger partial charge in [-0.3, -0.25) is 14.7 Å². The first-order chi connectivity index (χ1) is 13.6. The lowest BCUT2D eigenvalue weighted by Gasteiger charge is -2.35. The predicted octanol–water partition coefficient (Wildman–Crippen LogP) is 3.67. The predicted molar refractivity (Wildman–Crippen MR) is 109 cm³/mol. The number of ether oxygens (including phenoxy) is 1. The van der Waals surface area contributed by atoms with Gasteiger partial charge in [-0.1, -0.05) is 12.1 Å². The standard InChI is InChI=1S/C23H29N3O2/c1-17-14-25(15-18(2)28-17)16-19-5-7-21(8-6-19)23(27)26-13-3-4-22(26)20-9-11-24-12-10-20/h5-12,17-18,22H,3-4,13-16H2,1-2H3/t17-,18-,22-/m1/s1. The van der Waals surface area contributed by atoms with E-state index in [4.69, 9.17) is 4.74 Å². The summed E-state index contributed by atoms with van der Waals surface area (Å²) < 4.78 is 5.81. The van der Waals surface area contributed by atoms with Gasteiger partial charge in [0.05, 0.1) is 18.2 Å². The zero-order chi connectivity index (χ0) is 19.5. The van der Waals surface area contributed by atoms with Crippen molar-refractivity contribution in [2.45, 2.75) is 51.5 Å². The van der Waals surface area contributed by atoms with Gasteiger partial charge in [-0.25, -0.2) is 0 Å². The number of morpholine rings is 1. The van der Waals surface area contributed by atoms with Crippen LogP contribution < -0.4 is 0 Å². The minimum absolute atomic E-state index is 0.125. The molecule has 2 aromatic rings. The van der Waals surface area contributed by atoms with Gasteiger partial charge in [-0.15, -0.1) is 0 Å². The van der Waals surface area contributed by atoms with Gasteiger partial charge < -0.3 is 9.64 Å². The molecule has 0 radical (unpaired) electrons. The number of benzene rings is 1. The van der Waals surface area contributed by atoms with E-state index >= 15 is 0 Å². The minimum atomic E-state index is 0.125. The van der Waals surface area contributed by atoms with E-state index in [0.29, 0.717) is 0 Å². The summed E-state index contributed by atoms with van der Waals surface area (Å²) in [5.74, 6) is 0.125. The van der Waals surface area contributed by atoms with Gasteiger partial charge >= 0.3 is 0 Å². The third-order valence-corrected chi connectivity index (χ3v) is 5.71. The van der Waals surface area contributed by atoms with Crippen LogP contribution in [0.2, 0.25) is 0 Å². The van der Waals surface area contributed by atoms with E-state index in [1.807, 2.05) is 29.2 Å². The van der Waals surface area contributed by atoms with Crippen LogP contribution in [0.25, 0.3) is 0 Å². The monoisotopic (exact) mass is 379 g/mol. The molecule has 1 aromatic carbocycles. The van der Waals surface area contributed by atoms with Gasteiger partial charge in [0.15, 0.2) is 0 Å². The van der Waals surface area contributed by atoms with Crippen LogP contribution in [-0.2, 0) is 11.3 Å². The Morgan fingerprint density at radius 3 is 2.43 bits per heavy atom. The molecular weight excluding hydrogens is 350 g/mol. The number of hydrogen-bond donors (Lipinski definition) is 0. The molecule has 5 nitrogen and oxygen atoms in total. The first kappa shape index (κ1) is 19.1. The van der Waals surface area contributed by atoms with Crippen LogP contribution >= 0.6 is 0 Å². The van der Waals surface area contributed by atoms with Gasteiger partial charge in [0.1, 0.15) is 0 Å². The Labute approximate surface area is 167 Å². The lowest BCUT2D eigenvalue weighted by atomic mass is 10.0. The van der Waals surface area contributed by atoms with Gasteiger partial charge in [-0.05, 0) is 62.1 Å². The molecule has 3 atom stereocenters. The summed E-state index contributed by atoms with van der Waals surface area (Å²) in [5.41, 5.74) is 3.19. The van der Waals surface area contributed by atoms with E-state index in [2.05, 4.69) is 35.9 Å². The van der Waals surface area contributed by atoms with E-state index in [1.54, 1.807) is 12.4 Å². The first-order valence-corrected chi connectivity index (χ1v) is 10.3. The van der Waals surface area contributed by atoms with Gasteiger partial charge in [0.2, 0.25) is 0 Å². The Morgan fingerprint density at radius 1 is 1.07 bits per heavy atom. The van der Waals surface area contributed by atoms with Crippen LogP contribution in [0.3, 0.4) is 0 Å². The molecule has 1 amide bonds. The first-order valence-electron chi connectivity index (χ1n) is 10.3. The zero-order valence-electron chi connectivity index (χ0n) is 16.8. The molecule has 3 heterocycles. The molecule has 0 N–H and O–H groups in total. The molecule has 5 heteroatoms. The third-order valence-electron chi connectivity index (χ3n) is 5.71. The van der Waals surface area contributed by atoms with Crippen LogP contribution in [0.15, 0.2) is 48.8 Å². The molecule has 28 heavy (non-hydrogen) atoms. The Balaban J connectivity index is 1.42. The highest BCUT2D eigenvalue weighted by Crippen LogP contribution is 2.32. The fourth-order valence-electron chi connectivity index (χ4n) is 4.53. The smallest absolute Gasteiger partial charge is 0.254 e. The van der Waals surface area contributed by atoms with E-state index in [1.165, 1.54) is 11.1 Å². The molecule has 0 unspecified atom stereocenters. The number of aromatic nitrogens is 1. The highest BCUT2D eigenvalue weighted by Gasteiger charge is 2.30. The summed E-state index contributed by atoms with van der Waals surface area (Å²) >= 11 is 0. The number of hydrogen-bond acceptors (Lipinski definition) is 4. The molecule has 0 bridgehead atoms. The minimum Gasteiger partial charge on any atom is -0.373 e. The molecule has 0 saturated carbocycles. The Morgan fingerprint density at radius 2 is 1.75 bits per heavy atom. The van der Waals surface area contributed by atoms with E-state index in [-0.39, 0.29) is 24.2 Å². The molecule has 0 spiro atoms. The second-order valence-electron chi connectivity index (χ2n) is 8.09. The van der Waals surface area contributed by atoms with Crippen LogP contribution in [0.1, 0.15) is 54.2 Å². The Hall–Kier alpha value is -2.24. The van der Waals surface area contributed by atoms with E-state index in [9.17, 15) is 4.79 Å². The quantitative estimate of drug-likeness (QED) is 0.813. The van der Waals surface area contributed by atoms with Gasteiger partial charge in [-0.2, -0.15) is 0 Å². The molecule has 0 aliphatic carbocycles. The van der Waals surface area contributed by atoms with Crippen molar-refractivity contribution in [2.24, 2.45) is 0 Å². The maximum absolute atomic E-state index is 13.1. The van der Waals surface area contributed by atoms with Crippen molar-refractivity contribution in [1.82, 2.24) is 14.8 Å². The summed E-state index contributed by atoms with van der Waals surface area (Å²) in [6.07, 6.45) is 6.21. The van der Waals surface area contributed by atoms with Crippen LogP contribution in [0.5, 0.6) is 0 Å². The molecule has 2 aliphatic heterocycles. The van der Waals surface area contributed by atoms with Crippen molar-refractivity contribution in [1.29, 1.82) is 0 Å². The molecule has 1 aromatic heterocycles. The zero-order valence-corrected chi connectivity index (χ0v) is 16.8. The second-order valence-corrected chi connectivity index (χ2v) is 8.09. The SMILES string of the molecule is C[C@@H]1CN(Cc2ccc(C(=O)N3CCC[C@@H]3c3ccncc3)cc2)C[C@@H](C)O1. The van der Waals surface area contributed by atoms with Crippen molar-refractivity contribution >= 4 is 5.91 Å². The lowest BCUT2D eigenvalue weighted by Crippen LogP contribution is -2.44. The summed E-state index contributed by atoms with van der Waals surface area (Å²) in [6.45, 7) is 7.87. The van der Waals surface area contributed by atoms with Crippen molar-refractivity contribution in [3.05, 3.63) is 65.5 Å². The summed E-state index contributed by atoms with van der Waals surface area (Å²) in [7, 11) is 0. The topological polar surface area (TPSA) is 45.7 Å². The summed E-state index contributed by atoms with van der Waals surface area (Å²) in [6, 6.07) is 12.3. The molecule has 2 aliphatic rings. The second kappa shape index (κ2) is 8.41. The van der Waals surface area contributed by atoms with E-state index < -0.39 is 0 Å². The Bertz CT molecular complexity index is 783. The number of rotatable bonds is 4. The highest BCUT2D eigenvalue weighted by molar-refractivity contribution is 5.94. The lowest BCUT2D eigenvalue weighted by molar-refractivity contribution is -0.0704. The van der Waals surface area contributed by atoms with E-state index in [0.717, 1.165) is 44.6 Å².